The molecule has 0 amide bonds. The summed E-state index contributed by atoms with van der Waals surface area (Å²) < 4.78 is 23.1. The first-order valence-corrected chi connectivity index (χ1v) is 9.07. The molecule has 1 heterocycles. The largest absolute Gasteiger partial charge is 0.241 e. The van der Waals surface area contributed by atoms with E-state index in [2.05, 4.69) is 4.98 Å². The Morgan fingerprint density at radius 1 is 1.32 bits per heavy atom. The molecule has 1 aromatic carbocycles. The number of rotatable bonds is 3. The van der Waals surface area contributed by atoms with E-state index in [1.54, 1.807) is 29.5 Å². The molecule has 0 aliphatic heterocycles. The smallest absolute Gasteiger partial charge is 0.175 e. The molecule has 0 spiro atoms. The highest BCUT2D eigenvalue weighted by Crippen LogP contribution is 2.39. The molecule has 3 nitrogen and oxygen atoms in total. The topological polar surface area (TPSA) is 47.0 Å². The minimum Gasteiger partial charge on any atom is -0.241 e. The molecule has 100 valence electrons. The summed E-state index contributed by atoms with van der Waals surface area (Å²) in [6, 6.07) is 7.01. The predicted molar refractivity (Wildman–Crippen MR) is 77.3 cm³/mol. The molecule has 19 heavy (non-hydrogen) atoms. The number of benzene rings is 1. The molecule has 0 N–H and O–H groups in total. The van der Waals surface area contributed by atoms with Crippen LogP contribution < -0.4 is 0 Å². The molecule has 0 radical (unpaired) electrons. The Morgan fingerprint density at radius 3 is 2.74 bits per heavy atom. The van der Waals surface area contributed by atoms with Crippen LogP contribution in [0.3, 0.4) is 0 Å². The van der Waals surface area contributed by atoms with Crippen LogP contribution in [0.1, 0.15) is 30.2 Å². The second kappa shape index (κ2) is 4.72. The van der Waals surface area contributed by atoms with Crippen molar-refractivity contribution in [3.63, 3.8) is 0 Å². The molecule has 0 saturated heterocycles. The lowest BCUT2D eigenvalue weighted by atomic mass is 9.86. The Morgan fingerprint density at radius 2 is 2.11 bits per heavy atom. The molecule has 0 bridgehead atoms. The minimum absolute atomic E-state index is 0.350. The Bertz CT molecular complexity index is 700. The summed E-state index contributed by atoms with van der Waals surface area (Å²) in [5.41, 5.74) is 1.77. The van der Waals surface area contributed by atoms with E-state index in [0.29, 0.717) is 10.8 Å². The molecule has 0 atom stereocenters. The van der Waals surface area contributed by atoms with E-state index in [1.807, 2.05) is 11.4 Å². The summed E-state index contributed by atoms with van der Waals surface area (Å²) in [6.07, 6.45) is 4.99. The molecular weight excluding hydrogens is 278 g/mol. The van der Waals surface area contributed by atoms with Crippen molar-refractivity contribution in [3.05, 3.63) is 34.7 Å². The maximum atomic E-state index is 11.6. The summed E-state index contributed by atoms with van der Waals surface area (Å²) in [7, 11) is -3.16. The number of hydrogen-bond acceptors (Lipinski definition) is 4. The first kappa shape index (κ1) is 12.8. The van der Waals surface area contributed by atoms with Crippen molar-refractivity contribution in [2.45, 2.75) is 30.1 Å². The molecule has 1 aromatic heterocycles. The standard InChI is InChI=1S/C14H15NO2S2/c1-19(16,17)12-7-3-6-11(8-12)13-9-18-14(15-13)10-4-2-5-10/h3,6-10H,2,4-5H2,1H3. The van der Waals surface area contributed by atoms with Gasteiger partial charge in [-0.2, -0.15) is 0 Å². The third-order valence-corrected chi connectivity index (χ3v) is 5.65. The zero-order valence-corrected chi connectivity index (χ0v) is 12.3. The molecule has 3 rings (SSSR count). The summed E-state index contributed by atoms with van der Waals surface area (Å²) in [6.45, 7) is 0. The third kappa shape index (κ3) is 2.58. The van der Waals surface area contributed by atoms with Crippen LogP contribution in [0.5, 0.6) is 0 Å². The van der Waals surface area contributed by atoms with Gasteiger partial charge in [-0.3, -0.25) is 0 Å². The van der Waals surface area contributed by atoms with Crippen molar-refractivity contribution in [1.82, 2.24) is 4.98 Å². The van der Waals surface area contributed by atoms with E-state index in [1.165, 1.54) is 30.5 Å². The van der Waals surface area contributed by atoms with Crippen molar-refractivity contribution in [2.24, 2.45) is 0 Å². The van der Waals surface area contributed by atoms with Gasteiger partial charge in [-0.25, -0.2) is 13.4 Å². The van der Waals surface area contributed by atoms with Gasteiger partial charge in [-0.05, 0) is 25.0 Å². The lowest BCUT2D eigenvalue weighted by Crippen LogP contribution is -2.07. The second-order valence-electron chi connectivity index (χ2n) is 5.00. The van der Waals surface area contributed by atoms with Crippen LogP contribution in [-0.2, 0) is 9.84 Å². The monoisotopic (exact) mass is 293 g/mol. The number of thiazole rings is 1. The number of sulfone groups is 1. The van der Waals surface area contributed by atoms with Crippen LogP contribution in [0.25, 0.3) is 11.3 Å². The highest BCUT2D eigenvalue weighted by atomic mass is 32.2. The van der Waals surface area contributed by atoms with Crippen LogP contribution in [0, 0.1) is 0 Å². The lowest BCUT2D eigenvalue weighted by molar-refractivity contribution is 0.418. The van der Waals surface area contributed by atoms with Gasteiger partial charge in [0, 0.05) is 23.1 Å². The van der Waals surface area contributed by atoms with E-state index >= 15 is 0 Å². The van der Waals surface area contributed by atoms with Crippen molar-refractivity contribution in [1.29, 1.82) is 0 Å². The Balaban J connectivity index is 1.95. The van der Waals surface area contributed by atoms with Gasteiger partial charge >= 0.3 is 0 Å². The average molecular weight is 293 g/mol. The molecule has 1 saturated carbocycles. The first-order valence-electron chi connectivity index (χ1n) is 6.30. The van der Waals surface area contributed by atoms with E-state index < -0.39 is 9.84 Å². The van der Waals surface area contributed by atoms with Crippen LogP contribution in [0.2, 0.25) is 0 Å². The molecule has 1 aliphatic rings. The Hall–Kier alpha value is -1.20. The molecule has 1 fully saturated rings. The fourth-order valence-corrected chi connectivity index (χ4v) is 3.82. The van der Waals surface area contributed by atoms with Gasteiger partial charge in [-0.15, -0.1) is 11.3 Å². The fraction of sp³-hybridized carbons (Fsp3) is 0.357. The van der Waals surface area contributed by atoms with Crippen molar-refractivity contribution < 1.29 is 8.42 Å². The zero-order chi connectivity index (χ0) is 13.5. The Kier molecular flexibility index (Phi) is 3.19. The van der Waals surface area contributed by atoms with Crippen LogP contribution in [-0.4, -0.2) is 19.7 Å². The van der Waals surface area contributed by atoms with Crippen LogP contribution >= 0.6 is 11.3 Å². The van der Waals surface area contributed by atoms with Crippen LogP contribution in [0.15, 0.2) is 34.5 Å². The summed E-state index contributed by atoms with van der Waals surface area (Å²) in [4.78, 5) is 5.00. The highest BCUT2D eigenvalue weighted by Gasteiger charge is 2.22. The van der Waals surface area contributed by atoms with Gasteiger partial charge in [0.25, 0.3) is 0 Å². The molecule has 0 unspecified atom stereocenters. The fourth-order valence-electron chi connectivity index (χ4n) is 2.15. The van der Waals surface area contributed by atoms with Gasteiger partial charge in [-0.1, -0.05) is 18.6 Å². The molecule has 2 aromatic rings. The van der Waals surface area contributed by atoms with Gasteiger partial charge in [0.1, 0.15) is 0 Å². The van der Waals surface area contributed by atoms with Crippen LogP contribution in [0.4, 0.5) is 0 Å². The van der Waals surface area contributed by atoms with E-state index in [-0.39, 0.29) is 0 Å². The van der Waals surface area contributed by atoms with E-state index in [0.717, 1.165) is 11.3 Å². The summed E-state index contributed by atoms with van der Waals surface area (Å²) in [5, 5.41) is 3.21. The normalized spacial score (nSPS) is 16.3. The van der Waals surface area contributed by atoms with Gasteiger partial charge in [0.2, 0.25) is 0 Å². The van der Waals surface area contributed by atoms with E-state index in [9.17, 15) is 8.42 Å². The third-order valence-electron chi connectivity index (χ3n) is 3.53. The molecule has 1 aliphatic carbocycles. The first-order chi connectivity index (χ1) is 9.04. The van der Waals surface area contributed by atoms with Gasteiger partial charge in [0.15, 0.2) is 9.84 Å². The summed E-state index contributed by atoms with van der Waals surface area (Å²) in [5.74, 6) is 0.622. The van der Waals surface area contributed by atoms with Crippen molar-refractivity contribution in [3.8, 4) is 11.3 Å². The average Bonchev–Trinajstić information content (AvgIpc) is 2.75. The summed E-state index contributed by atoms with van der Waals surface area (Å²) >= 11 is 1.68. The maximum Gasteiger partial charge on any atom is 0.175 e. The van der Waals surface area contributed by atoms with E-state index in [4.69, 9.17) is 0 Å². The zero-order valence-electron chi connectivity index (χ0n) is 10.7. The van der Waals surface area contributed by atoms with Crippen molar-refractivity contribution in [2.75, 3.05) is 6.26 Å². The highest BCUT2D eigenvalue weighted by molar-refractivity contribution is 7.90. The second-order valence-corrected chi connectivity index (χ2v) is 7.90. The van der Waals surface area contributed by atoms with Gasteiger partial charge < -0.3 is 0 Å². The maximum absolute atomic E-state index is 11.6. The predicted octanol–water partition coefficient (Wildman–Crippen LogP) is 3.48. The number of hydrogen-bond donors (Lipinski definition) is 0. The lowest BCUT2D eigenvalue weighted by Gasteiger charge is -2.22. The SMILES string of the molecule is CS(=O)(=O)c1cccc(-c2csc(C3CCC3)n2)c1. The number of aromatic nitrogens is 1. The quantitative estimate of drug-likeness (QED) is 0.870. The molecule has 5 heteroatoms. The molecular formula is C14H15NO2S2. The number of nitrogens with zero attached hydrogens (tertiary/aromatic N) is 1. The Labute approximate surface area is 117 Å². The van der Waals surface area contributed by atoms with Crippen molar-refractivity contribution >= 4 is 21.2 Å². The minimum atomic E-state index is -3.16. The van der Waals surface area contributed by atoms with Gasteiger partial charge in [0.05, 0.1) is 15.6 Å².